The summed E-state index contributed by atoms with van der Waals surface area (Å²) in [6.07, 6.45) is 6.48. The molecule has 0 atom stereocenters. The van der Waals surface area contributed by atoms with Crippen LogP contribution in [0.3, 0.4) is 0 Å². The number of unbranched alkanes of at least 4 members (excludes halogenated alkanes) is 4. The molecule has 0 radical (unpaired) electrons. The molecule has 2 heteroatoms. The molecule has 0 bridgehead atoms. The first-order valence-corrected chi connectivity index (χ1v) is 6.64. The highest BCUT2D eigenvalue weighted by molar-refractivity contribution is 4.97. The van der Waals surface area contributed by atoms with Crippen molar-refractivity contribution in [1.82, 2.24) is 5.32 Å². The maximum absolute atomic E-state index is 5.57. The molecule has 2 nitrogen and oxygen atoms in total. The van der Waals surface area contributed by atoms with Crippen molar-refractivity contribution >= 4 is 0 Å². The lowest BCUT2D eigenvalue weighted by atomic mass is 10.2. The Morgan fingerprint density at radius 1 is 1.19 bits per heavy atom. The van der Waals surface area contributed by atoms with Crippen LogP contribution in [0.1, 0.15) is 52.9 Å². The topological polar surface area (TPSA) is 21.3 Å². The van der Waals surface area contributed by atoms with Crippen molar-refractivity contribution in [2.75, 3.05) is 19.8 Å². The normalized spacial score (nSPS) is 11.0. The van der Waals surface area contributed by atoms with E-state index in [0.717, 1.165) is 18.7 Å². The molecule has 0 amide bonds. The Balaban J connectivity index is 3.15. The zero-order chi connectivity index (χ0) is 12.2. The van der Waals surface area contributed by atoms with Crippen LogP contribution in [0.2, 0.25) is 0 Å². The SMILES string of the molecule is C=C(CNC(C)C)COCCCCCCC. The maximum atomic E-state index is 5.57. The van der Waals surface area contributed by atoms with Gasteiger partial charge in [0.25, 0.3) is 0 Å². The van der Waals surface area contributed by atoms with Gasteiger partial charge in [-0.1, -0.05) is 53.0 Å². The summed E-state index contributed by atoms with van der Waals surface area (Å²) in [4.78, 5) is 0. The smallest absolute Gasteiger partial charge is 0.0686 e. The predicted octanol–water partition coefficient (Wildman–Crippen LogP) is 3.53. The third-order valence-electron chi connectivity index (χ3n) is 2.46. The highest BCUT2D eigenvalue weighted by atomic mass is 16.5. The van der Waals surface area contributed by atoms with Gasteiger partial charge in [-0.3, -0.25) is 0 Å². The number of hydrogen-bond acceptors (Lipinski definition) is 2. The Bertz CT molecular complexity index is 166. The summed E-state index contributed by atoms with van der Waals surface area (Å²) in [6.45, 7) is 13.0. The Kier molecular flexibility index (Phi) is 10.9. The van der Waals surface area contributed by atoms with E-state index in [1.807, 2.05) is 0 Å². The number of hydrogen-bond donors (Lipinski definition) is 1. The van der Waals surface area contributed by atoms with Crippen molar-refractivity contribution in [3.63, 3.8) is 0 Å². The second kappa shape index (κ2) is 11.2. The summed E-state index contributed by atoms with van der Waals surface area (Å²) in [6, 6.07) is 0.519. The fourth-order valence-corrected chi connectivity index (χ4v) is 1.42. The molecule has 0 aromatic rings. The average Bonchev–Trinajstić information content (AvgIpc) is 2.25. The van der Waals surface area contributed by atoms with E-state index in [9.17, 15) is 0 Å². The highest BCUT2D eigenvalue weighted by Gasteiger charge is 1.97. The number of ether oxygens (including phenoxy) is 1. The quantitative estimate of drug-likeness (QED) is 0.431. The van der Waals surface area contributed by atoms with Crippen molar-refractivity contribution < 1.29 is 4.74 Å². The van der Waals surface area contributed by atoms with E-state index in [4.69, 9.17) is 4.74 Å². The Hall–Kier alpha value is -0.340. The monoisotopic (exact) mass is 227 g/mol. The van der Waals surface area contributed by atoms with Crippen LogP contribution in [0.5, 0.6) is 0 Å². The lowest BCUT2D eigenvalue weighted by Gasteiger charge is -2.10. The molecule has 16 heavy (non-hydrogen) atoms. The molecule has 0 saturated heterocycles. The van der Waals surface area contributed by atoms with E-state index in [-0.39, 0.29) is 0 Å². The summed E-state index contributed by atoms with van der Waals surface area (Å²) in [5, 5.41) is 3.33. The number of rotatable bonds is 11. The predicted molar refractivity (Wildman–Crippen MR) is 71.9 cm³/mol. The van der Waals surface area contributed by atoms with Gasteiger partial charge in [0, 0.05) is 19.2 Å². The molecular formula is C14H29NO. The van der Waals surface area contributed by atoms with Gasteiger partial charge in [0.1, 0.15) is 0 Å². The zero-order valence-corrected chi connectivity index (χ0v) is 11.3. The Morgan fingerprint density at radius 2 is 1.88 bits per heavy atom. The molecule has 0 aliphatic heterocycles. The van der Waals surface area contributed by atoms with Crippen LogP contribution in [0.4, 0.5) is 0 Å². The first-order valence-electron chi connectivity index (χ1n) is 6.64. The van der Waals surface area contributed by atoms with E-state index in [2.05, 4.69) is 32.7 Å². The van der Waals surface area contributed by atoms with E-state index in [1.165, 1.54) is 32.1 Å². The van der Waals surface area contributed by atoms with Crippen LogP contribution in [0, 0.1) is 0 Å². The van der Waals surface area contributed by atoms with Crippen LogP contribution >= 0.6 is 0 Å². The van der Waals surface area contributed by atoms with Crippen LogP contribution in [0.25, 0.3) is 0 Å². The maximum Gasteiger partial charge on any atom is 0.0686 e. The Labute approximate surface area is 101 Å². The first-order chi connectivity index (χ1) is 7.66. The lowest BCUT2D eigenvalue weighted by Crippen LogP contribution is -2.25. The van der Waals surface area contributed by atoms with Crippen LogP contribution < -0.4 is 5.32 Å². The molecule has 0 fully saturated rings. The highest BCUT2D eigenvalue weighted by Crippen LogP contribution is 2.02. The molecule has 0 aromatic heterocycles. The Morgan fingerprint density at radius 3 is 2.50 bits per heavy atom. The van der Waals surface area contributed by atoms with E-state index < -0.39 is 0 Å². The second-order valence-electron chi connectivity index (χ2n) is 4.75. The molecule has 0 aliphatic carbocycles. The summed E-state index contributed by atoms with van der Waals surface area (Å²) < 4.78 is 5.57. The molecule has 96 valence electrons. The van der Waals surface area contributed by atoms with Crippen LogP contribution in [-0.4, -0.2) is 25.8 Å². The molecule has 0 heterocycles. The van der Waals surface area contributed by atoms with Gasteiger partial charge in [-0.05, 0) is 12.0 Å². The second-order valence-corrected chi connectivity index (χ2v) is 4.75. The minimum Gasteiger partial charge on any atom is -0.377 e. The fourth-order valence-electron chi connectivity index (χ4n) is 1.42. The van der Waals surface area contributed by atoms with Gasteiger partial charge < -0.3 is 10.1 Å². The third kappa shape index (κ3) is 11.7. The van der Waals surface area contributed by atoms with Crippen molar-refractivity contribution in [2.24, 2.45) is 0 Å². The summed E-state index contributed by atoms with van der Waals surface area (Å²) in [5.74, 6) is 0. The van der Waals surface area contributed by atoms with Gasteiger partial charge in [0.2, 0.25) is 0 Å². The van der Waals surface area contributed by atoms with Crippen molar-refractivity contribution in [3.8, 4) is 0 Å². The van der Waals surface area contributed by atoms with E-state index >= 15 is 0 Å². The third-order valence-corrected chi connectivity index (χ3v) is 2.46. The molecule has 0 aromatic carbocycles. The molecule has 0 rings (SSSR count). The van der Waals surface area contributed by atoms with Crippen molar-refractivity contribution in [1.29, 1.82) is 0 Å². The van der Waals surface area contributed by atoms with Gasteiger partial charge >= 0.3 is 0 Å². The van der Waals surface area contributed by atoms with Crippen molar-refractivity contribution in [2.45, 2.75) is 58.9 Å². The fraction of sp³-hybridized carbons (Fsp3) is 0.857. The minimum atomic E-state index is 0.519. The molecule has 0 spiro atoms. The lowest BCUT2D eigenvalue weighted by molar-refractivity contribution is 0.150. The largest absolute Gasteiger partial charge is 0.377 e. The van der Waals surface area contributed by atoms with E-state index in [0.29, 0.717) is 12.6 Å². The zero-order valence-electron chi connectivity index (χ0n) is 11.3. The minimum absolute atomic E-state index is 0.519. The van der Waals surface area contributed by atoms with Gasteiger partial charge in [0.15, 0.2) is 0 Å². The van der Waals surface area contributed by atoms with Crippen LogP contribution in [0.15, 0.2) is 12.2 Å². The van der Waals surface area contributed by atoms with E-state index in [1.54, 1.807) is 0 Å². The standard InChI is InChI=1S/C14H29NO/c1-5-6-7-8-9-10-16-12-14(4)11-15-13(2)3/h13,15H,4-12H2,1-3H3. The molecule has 0 unspecified atom stereocenters. The summed E-state index contributed by atoms with van der Waals surface area (Å²) in [7, 11) is 0. The van der Waals surface area contributed by atoms with Crippen LogP contribution in [-0.2, 0) is 4.74 Å². The first kappa shape index (κ1) is 15.7. The molecule has 1 N–H and O–H groups in total. The van der Waals surface area contributed by atoms with Gasteiger partial charge in [-0.25, -0.2) is 0 Å². The molecular weight excluding hydrogens is 198 g/mol. The van der Waals surface area contributed by atoms with Gasteiger partial charge in [0.05, 0.1) is 6.61 Å². The number of nitrogens with one attached hydrogen (secondary N) is 1. The summed E-state index contributed by atoms with van der Waals surface area (Å²) >= 11 is 0. The van der Waals surface area contributed by atoms with Crippen molar-refractivity contribution in [3.05, 3.63) is 12.2 Å². The average molecular weight is 227 g/mol. The molecule has 0 aliphatic rings. The van der Waals surface area contributed by atoms with Gasteiger partial charge in [-0.2, -0.15) is 0 Å². The molecule has 0 saturated carbocycles. The summed E-state index contributed by atoms with van der Waals surface area (Å²) in [5.41, 5.74) is 1.14. The van der Waals surface area contributed by atoms with Gasteiger partial charge in [-0.15, -0.1) is 0 Å².